The minimum Gasteiger partial charge on any atom is -0.460 e. The van der Waals surface area contributed by atoms with Crippen LogP contribution in [0.4, 0.5) is 0 Å². The number of aromatic nitrogens is 2. The smallest absolute Gasteiger partial charge is 0.194 e. The fourth-order valence-corrected chi connectivity index (χ4v) is 3.68. The molecular weight excluding hydrogens is 232 g/mol. The number of rotatable bonds is 1. The van der Waals surface area contributed by atoms with Crippen LogP contribution in [0, 0.1) is 6.92 Å². The van der Waals surface area contributed by atoms with E-state index >= 15 is 0 Å². The molecule has 3 aromatic rings. The Morgan fingerprint density at radius 1 is 1.35 bits per heavy atom. The van der Waals surface area contributed by atoms with E-state index < -0.39 is 0 Å². The van der Waals surface area contributed by atoms with Gasteiger partial charge in [-0.25, -0.2) is 4.98 Å². The Hall–Kier alpha value is -1.55. The first kappa shape index (κ1) is 9.48. The highest BCUT2D eigenvalue weighted by Gasteiger charge is 2.20. The summed E-state index contributed by atoms with van der Waals surface area (Å²) < 4.78 is 7.85. The van der Waals surface area contributed by atoms with E-state index in [1.54, 1.807) is 0 Å². The monoisotopic (exact) mass is 244 g/mol. The molecule has 4 heteroatoms. The Labute approximate surface area is 103 Å². The number of fused-ring (bicyclic) bond motifs is 3. The molecule has 1 aliphatic rings. The first-order valence-electron chi connectivity index (χ1n) is 5.88. The molecule has 0 atom stereocenters. The summed E-state index contributed by atoms with van der Waals surface area (Å²) in [6.45, 7) is 1.96. The Morgan fingerprint density at radius 2 is 2.29 bits per heavy atom. The molecule has 0 amide bonds. The summed E-state index contributed by atoms with van der Waals surface area (Å²) in [4.78, 5) is 7.25. The Balaban J connectivity index is 1.90. The highest BCUT2D eigenvalue weighted by atomic mass is 32.1. The van der Waals surface area contributed by atoms with Crippen LogP contribution in [0.5, 0.6) is 0 Å². The first-order valence-corrected chi connectivity index (χ1v) is 6.69. The topological polar surface area (TPSA) is 30.4 Å². The highest BCUT2D eigenvalue weighted by Crippen LogP contribution is 2.33. The SMILES string of the molecule is Cc1ccc(-c2cn3c4c(sc3n2)CCC4)o1. The second-order valence-corrected chi connectivity index (χ2v) is 5.58. The molecule has 3 nitrogen and oxygen atoms in total. The van der Waals surface area contributed by atoms with Crippen molar-refractivity contribution in [3.63, 3.8) is 0 Å². The number of hydrogen-bond donors (Lipinski definition) is 0. The van der Waals surface area contributed by atoms with Gasteiger partial charge in [0.05, 0.1) is 0 Å². The number of furan rings is 1. The third kappa shape index (κ3) is 1.30. The van der Waals surface area contributed by atoms with Crippen molar-refractivity contribution < 1.29 is 4.42 Å². The van der Waals surface area contributed by atoms with E-state index in [-0.39, 0.29) is 0 Å². The highest BCUT2D eigenvalue weighted by molar-refractivity contribution is 7.17. The fourth-order valence-electron chi connectivity index (χ4n) is 2.49. The standard InChI is InChI=1S/C13H12N2OS/c1-8-5-6-11(16-8)9-7-15-10-3-2-4-12(10)17-13(15)14-9/h5-7H,2-4H2,1H3. The van der Waals surface area contributed by atoms with Gasteiger partial charge in [-0.2, -0.15) is 0 Å². The molecule has 17 heavy (non-hydrogen) atoms. The molecule has 1 aliphatic carbocycles. The van der Waals surface area contributed by atoms with Crippen LogP contribution in [0.25, 0.3) is 16.4 Å². The van der Waals surface area contributed by atoms with Crippen molar-refractivity contribution in [3.8, 4) is 11.5 Å². The minimum atomic E-state index is 0.866. The summed E-state index contributed by atoms with van der Waals surface area (Å²) in [6, 6.07) is 3.97. The summed E-state index contributed by atoms with van der Waals surface area (Å²) in [7, 11) is 0. The molecule has 4 rings (SSSR count). The molecule has 0 aromatic carbocycles. The molecule has 3 aromatic heterocycles. The van der Waals surface area contributed by atoms with Gasteiger partial charge in [0.15, 0.2) is 10.7 Å². The zero-order chi connectivity index (χ0) is 11.4. The molecule has 0 saturated carbocycles. The average Bonchev–Trinajstić information content (AvgIpc) is 2.95. The zero-order valence-electron chi connectivity index (χ0n) is 9.56. The van der Waals surface area contributed by atoms with Gasteiger partial charge in [-0.05, 0) is 38.3 Å². The molecule has 0 N–H and O–H groups in total. The quantitative estimate of drug-likeness (QED) is 0.656. The maximum atomic E-state index is 5.62. The molecule has 3 heterocycles. The fraction of sp³-hybridized carbons (Fsp3) is 0.308. The van der Waals surface area contributed by atoms with Crippen LogP contribution in [0.1, 0.15) is 22.8 Å². The van der Waals surface area contributed by atoms with Crippen LogP contribution in [-0.4, -0.2) is 9.38 Å². The van der Waals surface area contributed by atoms with E-state index in [1.807, 2.05) is 30.4 Å². The lowest BCUT2D eigenvalue weighted by Gasteiger charge is -1.91. The maximum Gasteiger partial charge on any atom is 0.194 e. The van der Waals surface area contributed by atoms with Crippen LogP contribution >= 0.6 is 11.3 Å². The van der Waals surface area contributed by atoms with Crippen LogP contribution in [-0.2, 0) is 12.8 Å². The average molecular weight is 244 g/mol. The summed E-state index contributed by atoms with van der Waals surface area (Å²) >= 11 is 1.82. The molecule has 0 fully saturated rings. The number of aryl methyl sites for hydroxylation is 3. The van der Waals surface area contributed by atoms with E-state index in [2.05, 4.69) is 15.6 Å². The molecule has 0 unspecified atom stereocenters. The van der Waals surface area contributed by atoms with Crippen molar-refractivity contribution in [2.24, 2.45) is 0 Å². The Kier molecular flexibility index (Phi) is 1.80. The van der Waals surface area contributed by atoms with E-state index in [0.717, 1.165) is 22.2 Å². The Bertz CT molecular complexity index is 704. The lowest BCUT2D eigenvalue weighted by molar-refractivity contribution is 0.547. The summed E-state index contributed by atoms with van der Waals surface area (Å²) in [5.74, 6) is 1.80. The van der Waals surface area contributed by atoms with Crippen molar-refractivity contribution in [1.29, 1.82) is 0 Å². The second-order valence-electron chi connectivity index (χ2n) is 4.51. The predicted molar refractivity (Wildman–Crippen MR) is 67.5 cm³/mol. The van der Waals surface area contributed by atoms with Gasteiger partial charge in [0.1, 0.15) is 11.5 Å². The molecule has 0 aliphatic heterocycles. The number of imidazole rings is 1. The van der Waals surface area contributed by atoms with Gasteiger partial charge in [-0.1, -0.05) is 0 Å². The largest absolute Gasteiger partial charge is 0.460 e. The van der Waals surface area contributed by atoms with Crippen molar-refractivity contribution >= 4 is 16.3 Å². The predicted octanol–water partition coefficient (Wildman–Crippen LogP) is 3.45. The number of nitrogens with zero attached hydrogens (tertiary/aromatic N) is 2. The van der Waals surface area contributed by atoms with Gasteiger partial charge < -0.3 is 4.42 Å². The molecule has 0 spiro atoms. The summed E-state index contributed by atoms with van der Waals surface area (Å²) in [5.41, 5.74) is 2.39. The third-order valence-corrected chi connectivity index (χ3v) is 4.47. The number of thiazole rings is 1. The van der Waals surface area contributed by atoms with Crippen LogP contribution in [0.2, 0.25) is 0 Å². The lowest BCUT2D eigenvalue weighted by Crippen LogP contribution is -1.84. The van der Waals surface area contributed by atoms with Crippen LogP contribution in [0.3, 0.4) is 0 Å². The van der Waals surface area contributed by atoms with Gasteiger partial charge in [-0.3, -0.25) is 4.40 Å². The molecule has 86 valence electrons. The summed E-state index contributed by atoms with van der Waals surface area (Å²) in [5, 5.41) is 0. The van der Waals surface area contributed by atoms with E-state index in [4.69, 9.17) is 4.42 Å². The van der Waals surface area contributed by atoms with Crippen molar-refractivity contribution in [2.75, 3.05) is 0 Å². The van der Waals surface area contributed by atoms with Gasteiger partial charge >= 0.3 is 0 Å². The molecule has 0 radical (unpaired) electrons. The van der Waals surface area contributed by atoms with Gasteiger partial charge in [0.2, 0.25) is 0 Å². The lowest BCUT2D eigenvalue weighted by atomic mass is 10.3. The minimum absolute atomic E-state index is 0.866. The first-order chi connectivity index (χ1) is 8.31. The molecule has 0 saturated heterocycles. The van der Waals surface area contributed by atoms with E-state index in [0.29, 0.717) is 0 Å². The molecule has 0 bridgehead atoms. The van der Waals surface area contributed by atoms with Crippen molar-refractivity contribution in [3.05, 3.63) is 34.7 Å². The van der Waals surface area contributed by atoms with E-state index in [1.165, 1.54) is 29.8 Å². The van der Waals surface area contributed by atoms with Crippen LogP contribution in [0.15, 0.2) is 22.7 Å². The van der Waals surface area contributed by atoms with E-state index in [9.17, 15) is 0 Å². The van der Waals surface area contributed by atoms with Crippen molar-refractivity contribution in [2.45, 2.75) is 26.2 Å². The van der Waals surface area contributed by atoms with Crippen molar-refractivity contribution in [1.82, 2.24) is 9.38 Å². The van der Waals surface area contributed by atoms with Crippen LogP contribution < -0.4 is 0 Å². The van der Waals surface area contributed by atoms with Gasteiger partial charge in [0, 0.05) is 16.8 Å². The van der Waals surface area contributed by atoms with Gasteiger partial charge in [0.25, 0.3) is 0 Å². The Morgan fingerprint density at radius 3 is 3.12 bits per heavy atom. The summed E-state index contributed by atoms with van der Waals surface area (Å²) in [6.07, 6.45) is 5.79. The normalized spacial score (nSPS) is 14.6. The molecular formula is C13H12N2OS. The second kappa shape index (κ2) is 3.23. The number of hydrogen-bond acceptors (Lipinski definition) is 3. The third-order valence-electron chi connectivity index (χ3n) is 3.31. The maximum absolute atomic E-state index is 5.62. The van der Waals surface area contributed by atoms with Gasteiger partial charge in [-0.15, -0.1) is 11.3 Å². The zero-order valence-corrected chi connectivity index (χ0v) is 10.4.